The fourth-order valence-electron chi connectivity index (χ4n) is 1.72. The van der Waals surface area contributed by atoms with Crippen molar-refractivity contribution >= 4 is 28.6 Å². The van der Waals surface area contributed by atoms with E-state index in [4.69, 9.17) is 16.9 Å². The molecule has 3 nitrogen and oxygen atoms in total. The van der Waals surface area contributed by atoms with Gasteiger partial charge in [-0.05, 0) is 19.1 Å². The van der Waals surface area contributed by atoms with Crippen molar-refractivity contribution in [1.82, 2.24) is 4.98 Å². The molecule has 5 heteroatoms. The molecule has 0 radical (unpaired) electrons. The average Bonchev–Trinajstić information content (AvgIpc) is 2.74. The first kappa shape index (κ1) is 12.9. The van der Waals surface area contributed by atoms with Gasteiger partial charge in [0.1, 0.15) is 6.07 Å². The van der Waals surface area contributed by atoms with Crippen LogP contribution >= 0.6 is 22.9 Å². The van der Waals surface area contributed by atoms with Crippen molar-refractivity contribution in [3.05, 3.63) is 44.9 Å². The molecule has 0 spiro atoms. The lowest BCUT2D eigenvalue weighted by atomic mass is 10.1. The van der Waals surface area contributed by atoms with E-state index in [0.717, 1.165) is 17.9 Å². The maximum absolute atomic E-state index is 9.16. The Morgan fingerprint density at radius 2 is 2.28 bits per heavy atom. The fourth-order valence-corrected chi connectivity index (χ4v) is 2.76. The summed E-state index contributed by atoms with van der Waals surface area (Å²) in [7, 11) is 1.95. The standard InChI is InChI=1S/C13H12ClN3S/c1-9-13(18-8-16-9)7-17(2)12-5-3-4-11(14)10(12)6-15/h3-5,8H,7H2,1-2H3. The Hall–Kier alpha value is -1.57. The molecule has 1 aromatic carbocycles. The van der Waals surface area contributed by atoms with Crippen LogP contribution in [0.5, 0.6) is 0 Å². The first-order valence-corrected chi connectivity index (χ1v) is 6.68. The van der Waals surface area contributed by atoms with Gasteiger partial charge in [-0.3, -0.25) is 0 Å². The molecule has 0 saturated carbocycles. The summed E-state index contributed by atoms with van der Waals surface area (Å²) < 4.78 is 0. The number of nitrogens with zero attached hydrogens (tertiary/aromatic N) is 3. The van der Waals surface area contributed by atoms with Crippen LogP contribution in [0, 0.1) is 18.3 Å². The number of nitriles is 1. The van der Waals surface area contributed by atoms with Crippen LogP contribution in [0.15, 0.2) is 23.7 Å². The molecule has 0 atom stereocenters. The number of hydrogen-bond acceptors (Lipinski definition) is 4. The van der Waals surface area contributed by atoms with Gasteiger partial charge in [0.2, 0.25) is 0 Å². The van der Waals surface area contributed by atoms with E-state index in [1.807, 2.05) is 36.5 Å². The Labute approximate surface area is 115 Å². The predicted octanol–water partition coefficient (Wildman–Crippen LogP) is 3.61. The number of halogens is 1. The number of hydrogen-bond donors (Lipinski definition) is 0. The van der Waals surface area contributed by atoms with E-state index in [2.05, 4.69) is 11.1 Å². The van der Waals surface area contributed by atoms with E-state index >= 15 is 0 Å². The van der Waals surface area contributed by atoms with Crippen LogP contribution < -0.4 is 4.90 Å². The molecule has 0 amide bonds. The smallest absolute Gasteiger partial charge is 0.103 e. The zero-order valence-corrected chi connectivity index (χ0v) is 11.7. The van der Waals surface area contributed by atoms with Crippen molar-refractivity contribution < 1.29 is 0 Å². The zero-order chi connectivity index (χ0) is 13.1. The van der Waals surface area contributed by atoms with Gasteiger partial charge >= 0.3 is 0 Å². The highest BCUT2D eigenvalue weighted by Crippen LogP contribution is 2.27. The van der Waals surface area contributed by atoms with Crippen LogP contribution in [0.2, 0.25) is 5.02 Å². The minimum Gasteiger partial charge on any atom is -0.368 e. The van der Waals surface area contributed by atoms with E-state index in [1.54, 1.807) is 17.4 Å². The Morgan fingerprint density at radius 1 is 1.50 bits per heavy atom. The average molecular weight is 278 g/mol. The number of thiazole rings is 1. The summed E-state index contributed by atoms with van der Waals surface area (Å²) in [5.74, 6) is 0. The van der Waals surface area contributed by atoms with Crippen molar-refractivity contribution in [2.24, 2.45) is 0 Å². The van der Waals surface area contributed by atoms with Crippen molar-refractivity contribution in [3.8, 4) is 6.07 Å². The van der Waals surface area contributed by atoms with Crippen molar-refractivity contribution in [1.29, 1.82) is 5.26 Å². The Balaban J connectivity index is 2.30. The zero-order valence-electron chi connectivity index (χ0n) is 10.1. The second-order valence-electron chi connectivity index (χ2n) is 3.96. The second kappa shape index (κ2) is 5.38. The first-order chi connectivity index (χ1) is 8.63. The van der Waals surface area contributed by atoms with Crippen LogP contribution in [-0.2, 0) is 6.54 Å². The van der Waals surface area contributed by atoms with Gasteiger partial charge in [-0.2, -0.15) is 5.26 Å². The van der Waals surface area contributed by atoms with E-state index in [9.17, 15) is 0 Å². The quantitative estimate of drug-likeness (QED) is 0.860. The number of rotatable bonds is 3. The summed E-state index contributed by atoms with van der Waals surface area (Å²) in [5, 5.41) is 9.65. The molecule has 0 N–H and O–H groups in total. The number of benzene rings is 1. The van der Waals surface area contributed by atoms with Crippen molar-refractivity contribution in [2.45, 2.75) is 13.5 Å². The molecule has 18 heavy (non-hydrogen) atoms. The third kappa shape index (κ3) is 2.47. The number of aromatic nitrogens is 1. The molecule has 0 aliphatic carbocycles. The van der Waals surface area contributed by atoms with Crippen LogP contribution in [0.1, 0.15) is 16.1 Å². The molecular weight excluding hydrogens is 266 g/mol. The maximum Gasteiger partial charge on any atom is 0.103 e. The SMILES string of the molecule is Cc1ncsc1CN(C)c1cccc(Cl)c1C#N. The molecule has 1 aromatic heterocycles. The van der Waals surface area contributed by atoms with E-state index in [-0.39, 0.29) is 0 Å². The van der Waals surface area contributed by atoms with Gasteiger partial charge in [-0.15, -0.1) is 11.3 Å². The molecule has 2 aromatic rings. The van der Waals surface area contributed by atoms with E-state index < -0.39 is 0 Å². The van der Waals surface area contributed by atoms with Crippen LogP contribution in [0.4, 0.5) is 5.69 Å². The van der Waals surface area contributed by atoms with Gasteiger partial charge in [-0.25, -0.2) is 4.98 Å². The monoisotopic (exact) mass is 277 g/mol. The lowest BCUT2D eigenvalue weighted by molar-refractivity contribution is 0.924. The molecule has 2 rings (SSSR count). The molecule has 0 aliphatic heterocycles. The number of aryl methyl sites for hydroxylation is 1. The van der Waals surface area contributed by atoms with Crippen LogP contribution in [0.3, 0.4) is 0 Å². The van der Waals surface area contributed by atoms with E-state index in [0.29, 0.717) is 10.6 Å². The largest absolute Gasteiger partial charge is 0.368 e. The van der Waals surface area contributed by atoms with Gasteiger partial charge in [0.15, 0.2) is 0 Å². The minimum atomic E-state index is 0.489. The molecular formula is C13H12ClN3S. The number of anilines is 1. The van der Waals surface area contributed by atoms with Gasteiger partial charge in [0.25, 0.3) is 0 Å². The summed E-state index contributed by atoms with van der Waals surface area (Å²) >= 11 is 7.65. The Kier molecular flexibility index (Phi) is 3.85. The summed E-state index contributed by atoms with van der Waals surface area (Å²) in [5.41, 5.74) is 4.23. The lowest BCUT2D eigenvalue weighted by Crippen LogP contribution is -2.17. The van der Waals surface area contributed by atoms with E-state index in [1.165, 1.54) is 4.88 Å². The summed E-state index contributed by atoms with van der Waals surface area (Å²) in [6, 6.07) is 7.64. The second-order valence-corrected chi connectivity index (χ2v) is 5.31. The summed E-state index contributed by atoms with van der Waals surface area (Å²) in [6.07, 6.45) is 0. The normalized spacial score (nSPS) is 10.1. The Bertz CT molecular complexity index is 601. The molecule has 0 saturated heterocycles. The topological polar surface area (TPSA) is 39.9 Å². The third-order valence-corrected chi connectivity index (χ3v) is 3.98. The van der Waals surface area contributed by atoms with Gasteiger partial charge in [-0.1, -0.05) is 17.7 Å². The maximum atomic E-state index is 9.16. The van der Waals surface area contributed by atoms with Crippen molar-refractivity contribution in [2.75, 3.05) is 11.9 Å². The highest BCUT2D eigenvalue weighted by Gasteiger charge is 2.12. The van der Waals surface area contributed by atoms with Gasteiger partial charge in [0, 0.05) is 11.9 Å². The highest BCUT2D eigenvalue weighted by atomic mass is 35.5. The molecule has 92 valence electrons. The summed E-state index contributed by atoms with van der Waals surface area (Å²) in [6.45, 7) is 2.72. The van der Waals surface area contributed by atoms with Gasteiger partial charge in [0.05, 0.1) is 34.0 Å². The van der Waals surface area contributed by atoms with Crippen molar-refractivity contribution in [3.63, 3.8) is 0 Å². The Morgan fingerprint density at radius 3 is 2.89 bits per heavy atom. The van der Waals surface area contributed by atoms with Crippen LogP contribution in [0.25, 0.3) is 0 Å². The summed E-state index contributed by atoms with van der Waals surface area (Å²) in [4.78, 5) is 7.44. The molecule has 1 heterocycles. The molecule has 0 aliphatic rings. The van der Waals surface area contributed by atoms with Crippen LogP contribution in [-0.4, -0.2) is 12.0 Å². The first-order valence-electron chi connectivity index (χ1n) is 5.42. The minimum absolute atomic E-state index is 0.489. The third-order valence-electron chi connectivity index (χ3n) is 2.74. The highest BCUT2D eigenvalue weighted by molar-refractivity contribution is 7.09. The molecule has 0 unspecified atom stereocenters. The lowest BCUT2D eigenvalue weighted by Gasteiger charge is -2.20. The fraction of sp³-hybridized carbons (Fsp3) is 0.231. The molecule has 0 bridgehead atoms. The van der Waals surface area contributed by atoms with Gasteiger partial charge < -0.3 is 4.90 Å². The predicted molar refractivity (Wildman–Crippen MR) is 75.1 cm³/mol. The molecule has 0 fully saturated rings.